The summed E-state index contributed by atoms with van der Waals surface area (Å²) < 4.78 is 6.91. The summed E-state index contributed by atoms with van der Waals surface area (Å²) in [6, 6.07) is 2.10. The van der Waals surface area contributed by atoms with Gasteiger partial charge in [0, 0.05) is 5.56 Å². The monoisotopic (exact) mass is 259 g/mol. The Hall–Kier alpha value is -2.16. The van der Waals surface area contributed by atoms with Crippen molar-refractivity contribution in [2.75, 3.05) is 0 Å². The summed E-state index contributed by atoms with van der Waals surface area (Å²) in [5, 5.41) is 21.0. The Labute approximate surface area is 112 Å². The van der Waals surface area contributed by atoms with Crippen LogP contribution < -0.4 is 0 Å². The van der Waals surface area contributed by atoms with Gasteiger partial charge in [0.25, 0.3) is 0 Å². The highest BCUT2D eigenvalue weighted by molar-refractivity contribution is 5.27. The second kappa shape index (κ2) is 5.22. The number of aryl methyl sites for hydroxylation is 2. The van der Waals surface area contributed by atoms with Gasteiger partial charge >= 0.3 is 0 Å². The molecule has 2 aromatic heterocycles. The molecule has 2 heterocycles. The molecule has 0 saturated heterocycles. The minimum absolute atomic E-state index is 0.403. The molecule has 0 aromatic carbocycles. The average Bonchev–Trinajstić information content (AvgIpc) is 2.87. The largest absolute Gasteiger partial charge is 0.361 e. The Kier molecular flexibility index (Phi) is 3.65. The maximum atomic E-state index is 9.08. The van der Waals surface area contributed by atoms with Crippen LogP contribution in [0.5, 0.6) is 0 Å². The van der Waals surface area contributed by atoms with E-state index >= 15 is 0 Å². The minimum Gasteiger partial charge on any atom is -0.361 e. The van der Waals surface area contributed by atoms with Crippen LogP contribution in [-0.4, -0.2) is 20.2 Å². The first-order chi connectivity index (χ1) is 9.02. The van der Waals surface area contributed by atoms with Crippen LogP contribution in [0.2, 0.25) is 0 Å². The van der Waals surface area contributed by atoms with Crippen molar-refractivity contribution in [3.63, 3.8) is 0 Å². The van der Waals surface area contributed by atoms with Crippen LogP contribution in [0.4, 0.5) is 0 Å². The standard InChI is InChI=1S/C13H17N5O/c1-8(2)5-13-12(6-14)15-17-18(13)7-11-9(3)16-19-10(11)4/h8H,5,7H2,1-4H3. The van der Waals surface area contributed by atoms with Gasteiger partial charge in [0.05, 0.1) is 17.9 Å². The molecule has 6 heteroatoms. The molecule has 2 aromatic rings. The summed E-state index contributed by atoms with van der Waals surface area (Å²) in [6.45, 7) is 8.52. The maximum Gasteiger partial charge on any atom is 0.185 e. The third kappa shape index (κ3) is 2.65. The van der Waals surface area contributed by atoms with Crippen molar-refractivity contribution in [2.24, 2.45) is 5.92 Å². The van der Waals surface area contributed by atoms with Gasteiger partial charge < -0.3 is 4.52 Å². The molecule has 2 rings (SSSR count). The van der Waals surface area contributed by atoms with E-state index in [0.717, 1.165) is 29.1 Å². The predicted octanol–water partition coefficient (Wildman–Crippen LogP) is 2.00. The summed E-state index contributed by atoms with van der Waals surface area (Å²) in [4.78, 5) is 0. The molecule has 6 nitrogen and oxygen atoms in total. The molecule has 0 aliphatic heterocycles. The van der Waals surface area contributed by atoms with Crippen LogP contribution in [-0.2, 0) is 13.0 Å². The molecular formula is C13H17N5O. The highest BCUT2D eigenvalue weighted by atomic mass is 16.5. The Bertz CT molecular complexity index is 598. The number of nitrogens with zero attached hydrogens (tertiary/aromatic N) is 5. The molecule has 0 atom stereocenters. The molecule has 0 amide bonds. The van der Waals surface area contributed by atoms with E-state index in [-0.39, 0.29) is 0 Å². The van der Waals surface area contributed by atoms with Gasteiger partial charge in [-0.3, -0.25) is 0 Å². The average molecular weight is 259 g/mol. The number of aromatic nitrogens is 4. The first kappa shape index (κ1) is 13.3. The van der Waals surface area contributed by atoms with Gasteiger partial charge in [-0.25, -0.2) is 4.68 Å². The zero-order valence-electron chi connectivity index (χ0n) is 11.6. The summed E-state index contributed by atoms with van der Waals surface area (Å²) in [7, 11) is 0. The molecule has 100 valence electrons. The van der Waals surface area contributed by atoms with Crippen LogP contribution in [0, 0.1) is 31.1 Å². The molecule has 0 fully saturated rings. The van der Waals surface area contributed by atoms with E-state index in [9.17, 15) is 0 Å². The zero-order valence-corrected chi connectivity index (χ0v) is 11.6. The van der Waals surface area contributed by atoms with Crippen LogP contribution >= 0.6 is 0 Å². The van der Waals surface area contributed by atoms with E-state index in [2.05, 4.69) is 35.4 Å². The number of hydrogen-bond donors (Lipinski definition) is 0. The van der Waals surface area contributed by atoms with E-state index in [1.54, 1.807) is 4.68 Å². The molecular weight excluding hydrogens is 242 g/mol. The van der Waals surface area contributed by atoms with Crippen molar-refractivity contribution >= 4 is 0 Å². The molecule has 0 bridgehead atoms. The molecule has 0 saturated carbocycles. The highest BCUT2D eigenvalue weighted by Crippen LogP contribution is 2.17. The smallest absolute Gasteiger partial charge is 0.185 e. The van der Waals surface area contributed by atoms with E-state index in [1.165, 1.54) is 0 Å². The van der Waals surface area contributed by atoms with Crippen molar-refractivity contribution < 1.29 is 4.52 Å². The molecule has 0 unspecified atom stereocenters. The molecule has 19 heavy (non-hydrogen) atoms. The Morgan fingerprint density at radius 2 is 2.11 bits per heavy atom. The molecule has 0 radical (unpaired) electrons. The molecule has 0 spiro atoms. The van der Waals surface area contributed by atoms with Gasteiger partial charge in [-0.1, -0.05) is 24.2 Å². The quantitative estimate of drug-likeness (QED) is 0.838. The lowest BCUT2D eigenvalue weighted by Gasteiger charge is -2.08. The minimum atomic E-state index is 0.403. The third-order valence-electron chi connectivity index (χ3n) is 3.03. The molecule has 0 aliphatic carbocycles. The lowest BCUT2D eigenvalue weighted by atomic mass is 10.1. The van der Waals surface area contributed by atoms with Crippen molar-refractivity contribution in [3.8, 4) is 6.07 Å². The number of nitriles is 1. The zero-order chi connectivity index (χ0) is 14.0. The summed E-state index contributed by atoms with van der Waals surface area (Å²) >= 11 is 0. The van der Waals surface area contributed by atoms with Crippen LogP contribution in [0.3, 0.4) is 0 Å². The summed E-state index contributed by atoms with van der Waals surface area (Å²) in [5.74, 6) is 1.22. The highest BCUT2D eigenvalue weighted by Gasteiger charge is 2.17. The summed E-state index contributed by atoms with van der Waals surface area (Å²) in [5.41, 5.74) is 3.12. The van der Waals surface area contributed by atoms with Gasteiger partial charge in [0.15, 0.2) is 5.69 Å². The second-order valence-corrected chi connectivity index (χ2v) is 5.05. The van der Waals surface area contributed by atoms with Crippen LogP contribution in [0.15, 0.2) is 4.52 Å². The van der Waals surface area contributed by atoms with E-state index in [0.29, 0.717) is 18.2 Å². The van der Waals surface area contributed by atoms with Gasteiger partial charge in [-0.2, -0.15) is 5.26 Å². The first-order valence-electron chi connectivity index (χ1n) is 6.27. The predicted molar refractivity (Wildman–Crippen MR) is 68.4 cm³/mol. The van der Waals surface area contributed by atoms with Gasteiger partial charge in [0.2, 0.25) is 0 Å². The normalized spacial score (nSPS) is 10.9. The van der Waals surface area contributed by atoms with Gasteiger partial charge in [-0.15, -0.1) is 5.10 Å². The van der Waals surface area contributed by atoms with E-state index < -0.39 is 0 Å². The van der Waals surface area contributed by atoms with Crippen LogP contribution in [0.25, 0.3) is 0 Å². The van der Waals surface area contributed by atoms with Gasteiger partial charge in [0.1, 0.15) is 11.8 Å². The Morgan fingerprint density at radius 3 is 2.63 bits per heavy atom. The summed E-state index contributed by atoms with van der Waals surface area (Å²) in [6.07, 6.45) is 0.777. The van der Waals surface area contributed by atoms with Crippen molar-refractivity contribution in [3.05, 3.63) is 28.4 Å². The first-order valence-corrected chi connectivity index (χ1v) is 6.27. The van der Waals surface area contributed by atoms with Gasteiger partial charge in [-0.05, 0) is 26.2 Å². The molecule has 0 aliphatic rings. The topological polar surface area (TPSA) is 80.5 Å². The fraction of sp³-hybridized carbons (Fsp3) is 0.538. The lowest BCUT2D eigenvalue weighted by molar-refractivity contribution is 0.391. The fourth-order valence-electron chi connectivity index (χ4n) is 2.01. The van der Waals surface area contributed by atoms with E-state index in [1.807, 2.05) is 13.8 Å². The van der Waals surface area contributed by atoms with E-state index in [4.69, 9.17) is 9.78 Å². The third-order valence-corrected chi connectivity index (χ3v) is 3.03. The Balaban J connectivity index is 2.36. The number of rotatable bonds is 4. The SMILES string of the molecule is Cc1noc(C)c1Cn1nnc(C#N)c1CC(C)C. The van der Waals surface area contributed by atoms with Crippen molar-refractivity contribution in [2.45, 2.75) is 40.7 Å². The van der Waals surface area contributed by atoms with Crippen molar-refractivity contribution in [1.82, 2.24) is 20.2 Å². The number of hydrogen-bond acceptors (Lipinski definition) is 5. The second-order valence-electron chi connectivity index (χ2n) is 5.05. The van der Waals surface area contributed by atoms with Crippen molar-refractivity contribution in [1.29, 1.82) is 5.26 Å². The Morgan fingerprint density at radius 1 is 1.37 bits per heavy atom. The maximum absolute atomic E-state index is 9.08. The molecule has 0 N–H and O–H groups in total. The van der Waals surface area contributed by atoms with Crippen LogP contribution in [0.1, 0.15) is 42.3 Å². The fourth-order valence-corrected chi connectivity index (χ4v) is 2.01. The lowest BCUT2D eigenvalue weighted by Crippen LogP contribution is -2.10.